The second kappa shape index (κ2) is 4.93. The lowest BCUT2D eigenvalue weighted by Crippen LogP contribution is -2.33. The maximum Gasteiger partial charge on any atom is 0.125 e. The molecular weight excluding hydrogens is 249 g/mol. The van der Waals surface area contributed by atoms with Crippen LogP contribution < -0.4 is 5.32 Å². The molecule has 0 heterocycles. The van der Waals surface area contributed by atoms with E-state index in [-0.39, 0.29) is 17.3 Å². The summed E-state index contributed by atoms with van der Waals surface area (Å²) < 4.78 is 13.4. The number of fused-ring (bicyclic) bond motifs is 1. The fraction of sp³-hybridized carbons (Fsp3) is 0.333. The molecule has 0 amide bonds. The van der Waals surface area contributed by atoms with E-state index < -0.39 is 0 Å². The normalized spacial score (nSPS) is 20.2. The van der Waals surface area contributed by atoms with Crippen LogP contribution in [0.2, 0.25) is 0 Å². The zero-order valence-corrected chi connectivity index (χ0v) is 12.0. The number of hydrogen-bond donors (Lipinski definition) is 1. The van der Waals surface area contributed by atoms with Crippen LogP contribution >= 0.6 is 0 Å². The van der Waals surface area contributed by atoms with E-state index in [0.717, 1.165) is 18.5 Å². The number of rotatable bonds is 2. The SMILES string of the molecule is CC1(C)CCc2ccccc2C1Nc1cccc(F)c1. The maximum absolute atomic E-state index is 13.4. The number of benzene rings is 2. The first-order chi connectivity index (χ1) is 9.56. The molecule has 1 atom stereocenters. The Morgan fingerprint density at radius 2 is 1.90 bits per heavy atom. The van der Waals surface area contributed by atoms with Crippen molar-refractivity contribution in [2.24, 2.45) is 5.41 Å². The van der Waals surface area contributed by atoms with Gasteiger partial charge < -0.3 is 5.32 Å². The molecule has 0 fully saturated rings. The fourth-order valence-corrected chi connectivity index (χ4v) is 3.08. The highest BCUT2D eigenvalue weighted by Gasteiger charge is 2.35. The Morgan fingerprint density at radius 3 is 2.70 bits per heavy atom. The van der Waals surface area contributed by atoms with Crippen LogP contribution in [0.25, 0.3) is 0 Å². The Bertz CT molecular complexity index is 618. The van der Waals surface area contributed by atoms with Crippen molar-refractivity contribution < 1.29 is 4.39 Å². The highest BCUT2D eigenvalue weighted by Crippen LogP contribution is 2.45. The average molecular weight is 269 g/mol. The van der Waals surface area contributed by atoms with Crippen molar-refractivity contribution in [3.8, 4) is 0 Å². The van der Waals surface area contributed by atoms with Gasteiger partial charge in [0.1, 0.15) is 5.82 Å². The molecule has 0 saturated carbocycles. The molecule has 0 aliphatic heterocycles. The van der Waals surface area contributed by atoms with Crippen LogP contribution in [0.15, 0.2) is 48.5 Å². The number of halogens is 1. The molecule has 1 aliphatic rings. The monoisotopic (exact) mass is 269 g/mol. The molecule has 0 aromatic heterocycles. The predicted molar refractivity (Wildman–Crippen MR) is 81.3 cm³/mol. The topological polar surface area (TPSA) is 12.0 Å². The molecule has 1 N–H and O–H groups in total. The molecule has 0 bridgehead atoms. The van der Waals surface area contributed by atoms with Gasteiger partial charge in [-0.15, -0.1) is 0 Å². The summed E-state index contributed by atoms with van der Waals surface area (Å²) >= 11 is 0. The van der Waals surface area contributed by atoms with E-state index in [0.29, 0.717) is 0 Å². The van der Waals surface area contributed by atoms with E-state index in [1.54, 1.807) is 12.1 Å². The zero-order valence-electron chi connectivity index (χ0n) is 12.0. The molecule has 0 radical (unpaired) electrons. The van der Waals surface area contributed by atoms with E-state index in [2.05, 4.69) is 43.4 Å². The summed E-state index contributed by atoms with van der Waals surface area (Å²) in [7, 11) is 0. The van der Waals surface area contributed by atoms with Gasteiger partial charge in [-0.3, -0.25) is 0 Å². The molecule has 2 heteroatoms. The summed E-state index contributed by atoms with van der Waals surface area (Å²) in [6.07, 6.45) is 2.25. The standard InChI is InChI=1S/C18H20FN/c1-18(2)11-10-13-6-3-4-9-16(13)17(18)20-15-8-5-7-14(19)12-15/h3-9,12,17,20H,10-11H2,1-2H3. The van der Waals surface area contributed by atoms with Gasteiger partial charge in [0.15, 0.2) is 0 Å². The molecule has 20 heavy (non-hydrogen) atoms. The van der Waals surface area contributed by atoms with Crippen LogP contribution in [0.3, 0.4) is 0 Å². The Kier molecular flexibility index (Phi) is 3.25. The van der Waals surface area contributed by atoms with Crippen molar-refractivity contribution >= 4 is 5.69 Å². The van der Waals surface area contributed by atoms with Crippen LogP contribution in [0.1, 0.15) is 37.4 Å². The van der Waals surface area contributed by atoms with Crippen molar-refractivity contribution in [3.63, 3.8) is 0 Å². The zero-order chi connectivity index (χ0) is 14.2. The minimum absolute atomic E-state index is 0.153. The molecule has 104 valence electrons. The van der Waals surface area contributed by atoms with Gasteiger partial charge in [-0.2, -0.15) is 0 Å². The van der Waals surface area contributed by atoms with Gasteiger partial charge in [0.05, 0.1) is 6.04 Å². The summed E-state index contributed by atoms with van der Waals surface area (Å²) in [6.45, 7) is 4.56. The number of hydrogen-bond acceptors (Lipinski definition) is 1. The van der Waals surface area contributed by atoms with Gasteiger partial charge in [0, 0.05) is 5.69 Å². The predicted octanol–water partition coefficient (Wildman–Crippen LogP) is 4.95. The van der Waals surface area contributed by atoms with Gasteiger partial charge in [-0.05, 0) is 47.6 Å². The summed E-state index contributed by atoms with van der Waals surface area (Å²) in [4.78, 5) is 0. The minimum atomic E-state index is -0.197. The minimum Gasteiger partial charge on any atom is -0.378 e. The molecule has 2 aromatic carbocycles. The average Bonchev–Trinajstić information content (AvgIpc) is 2.42. The van der Waals surface area contributed by atoms with Crippen LogP contribution in [0.4, 0.5) is 10.1 Å². The molecule has 1 aliphatic carbocycles. The first kappa shape index (κ1) is 13.2. The van der Waals surface area contributed by atoms with Crippen molar-refractivity contribution in [1.82, 2.24) is 0 Å². The maximum atomic E-state index is 13.4. The number of anilines is 1. The van der Waals surface area contributed by atoms with Crippen LogP contribution in [0.5, 0.6) is 0 Å². The van der Waals surface area contributed by atoms with Gasteiger partial charge in [0.2, 0.25) is 0 Å². The van der Waals surface area contributed by atoms with Crippen molar-refractivity contribution in [2.45, 2.75) is 32.7 Å². The first-order valence-electron chi connectivity index (χ1n) is 7.16. The smallest absolute Gasteiger partial charge is 0.125 e. The largest absolute Gasteiger partial charge is 0.378 e. The van der Waals surface area contributed by atoms with Gasteiger partial charge in [0.25, 0.3) is 0 Å². The van der Waals surface area contributed by atoms with E-state index in [1.165, 1.54) is 17.2 Å². The molecular formula is C18H20FN. The lowest BCUT2D eigenvalue weighted by Gasteiger charge is -2.41. The van der Waals surface area contributed by atoms with Gasteiger partial charge >= 0.3 is 0 Å². The Balaban J connectivity index is 1.97. The van der Waals surface area contributed by atoms with Crippen molar-refractivity contribution in [3.05, 3.63) is 65.5 Å². The Labute approximate surface area is 119 Å². The third-order valence-corrected chi connectivity index (χ3v) is 4.32. The third-order valence-electron chi connectivity index (χ3n) is 4.32. The van der Waals surface area contributed by atoms with E-state index in [1.807, 2.05) is 6.07 Å². The number of aryl methyl sites for hydroxylation is 1. The van der Waals surface area contributed by atoms with Crippen molar-refractivity contribution in [1.29, 1.82) is 0 Å². The summed E-state index contributed by atoms with van der Waals surface area (Å²) in [5.74, 6) is -0.197. The fourth-order valence-electron chi connectivity index (χ4n) is 3.08. The Hall–Kier alpha value is -1.83. The lowest BCUT2D eigenvalue weighted by atomic mass is 9.70. The summed E-state index contributed by atoms with van der Waals surface area (Å²) in [6, 6.07) is 15.5. The van der Waals surface area contributed by atoms with Gasteiger partial charge in [-0.25, -0.2) is 4.39 Å². The van der Waals surface area contributed by atoms with Crippen LogP contribution in [-0.4, -0.2) is 0 Å². The lowest BCUT2D eigenvalue weighted by molar-refractivity contribution is 0.265. The summed E-state index contributed by atoms with van der Waals surface area (Å²) in [5.41, 5.74) is 3.74. The molecule has 0 saturated heterocycles. The van der Waals surface area contributed by atoms with E-state index >= 15 is 0 Å². The van der Waals surface area contributed by atoms with Crippen LogP contribution in [0, 0.1) is 11.2 Å². The molecule has 1 nitrogen and oxygen atoms in total. The molecule has 0 spiro atoms. The van der Waals surface area contributed by atoms with E-state index in [4.69, 9.17) is 0 Å². The molecule has 3 rings (SSSR count). The summed E-state index contributed by atoms with van der Waals surface area (Å²) in [5, 5.41) is 3.53. The molecule has 2 aromatic rings. The second-order valence-corrected chi connectivity index (χ2v) is 6.28. The third kappa shape index (κ3) is 2.43. The van der Waals surface area contributed by atoms with Crippen molar-refractivity contribution in [2.75, 3.05) is 5.32 Å². The molecule has 1 unspecified atom stereocenters. The first-order valence-corrected chi connectivity index (χ1v) is 7.16. The quantitative estimate of drug-likeness (QED) is 0.813. The highest BCUT2D eigenvalue weighted by molar-refractivity contribution is 5.48. The number of nitrogens with one attached hydrogen (secondary N) is 1. The second-order valence-electron chi connectivity index (χ2n) is 6.28. The van der Waals surface area contributed by atoms with E-state index in [9.17, 15) is 4.39 Å². The Morgan fingerprint density at radius 1 is 1.10 bits per heavy atom. The highest BCUT2D eigenvalue weighted by atomic mass is 19.1. The van der Waals surface area contributed by atoms with Gasteiger partial charge in [-0.1, -0.05) is 44.2 Å². The van der Waals surface area contributed by atoms with Crippen LogP contribution in [-0.2, 0) is 6.42 Å².